The molecule has 15 heavy (non-hydrogen) atoms. The molecule has 0 unspecified atom stereocenters. The van der Waals surface area contributed by atoms with Crippen LogP contribution >= 0.6 is 11.3 Å². The smallest absolute Gasteiger partial charge is 0.174 e. The van der Waals surface area contributed by atoms with Gasteiger partial charge >= 0.3 is 0 Å². The first-order chi connectivity index (χ1) is 7.17. The van der Waals surface area contributed by atoms with Gasteiger partial charge in [-0.25, -0.2) is 4.99 Å². The van der Waals surface area contributed by atoms with Gasteiger partial charge in [-0.3, -0.25) is 0 Å². The summed E-state index contributed by atoms with van der Waals surface area (Å²) in [7, 11) is 0. The standard InChI is InChI=1S/C10H8N4S/c1-7-2-8(15-6-7)5-14-10(4-12)9(13)3-11/h2,5-6H,13H2,1H3/b10-9-,14-5?. The molecule has 0 aromatic carbocycles. The van der Waals surface area contributed by atoms with Crippen molar-refractivity contribution in [3.63, 3.8) is 0 Å². The molecule has 0 aliphatic rings. The van der Waals surface area contributed by atoms with Crippen LogP contribution in [0.3, 0.4) is 0 Å². The average molecular weight is 216 g/mol. The summed E-state index contributed by atoms with van der Waals surface area (Å²) in [5.74, 6) is 0. The fraction of sp³-hybridized carbons (Fsp3) is 0.100. The van der Waals surface area contributed by atoms with Crippen LogP contribution in [-0.2, 0) is 0 Å². The third-order valence-corrected chi connectivity index (χ3v) is 2.54. The largest absolute Gasteiger partial charge is 0.388 e. The maximum absolute atomic E-state index is 8.66. The molecule has 0 bridgehead atoms. The van der Waals surface area contributed by atoms with Crippen LogP contribution in [0.15, 0.2) is 27.8 Å². The predicted octanol–water partition coefficient (Wildman–Crippen LogP) is 1.69. The van der Waals surface area contributed by atoms with Gasteiger partial charge in [-0.1, -0.05) is 0 Å². The molecular weight excluding hydrogens is 208 g/mol. The van der Waals surface area contributed by atoms with Crippen molar-refractivity contribution in [2.24, 2.45) is 10.7 Å². The average Bonchev–Trinajstić information content (AvgIpc) is 2.64. The molecule has 0 saturated heterocycles. The van der Waals surface area contributed by atoms with Crippen molar-refractivity contribution in [3.05, 3.63) is 33.3 Å². The highest BCUT2D eigenvalue weighted by atomic mass is 32.1. The minimum absolute atomic E-state index is 0.0523. The number of thiophene rings is 1. The van der Waals surface area contributed by atoms with Crippen molar-refractivity contribution in [2.75, 3.05) is 0 Å². The van der Waals surface area contributed by atoms with Gasteiger partial charge in [-0.15, -0.1) is 11.3 Å². The molecule has 1 aromatic rings. The molecule has 4 nitrogen and oxygen atoms in total. The maximum atomic E-state index is 8.66. The van der Waals surface area contributed by atoms with Crippen LogP contribution in [0.2, 0.25) is 0 Å². The summed E-state index contributed by atoms with van der Waals surface area (Å²) >= 11 is 1.52. The van der Waals surface area contributed by atoms with E-state index in [1.807, 2.05) is 18.4 Å². The molecule has 0 atom stereocenters. The lowest BCUT2D eigenvalue weighted by Gasteiger charge is -1.88. The quantitative estimate of drug-likeness (QED) is 0.603. The molecule has 2 N–H and O–H groups in total. The Hall–Kier alpha value is -2.11. The number of rotatable bonds is 2. The number of aryl methyl sites for hydroxylation is 1. The lowest BCUT2D eigenvalue weighted by Crippen LogP contribution is -1.97. The Morgan fingerprint density at radius 3 is 2.73 bits per heavy atom. The van der Waals surface area contributed by atoms with Crippen LogP contribution < -0.4 is 5.73 Å². The van der Waals surface area contributed by atoms with Crippen LogP contribution in [0.4, 0.5) is 0 Å². The number of nitrogens with zero attached hydrogens (tertiary/aromatic N) is 3. The molecule has 0 saturated carbocycles. The van der Waals surface area contributed by atoms with E-state index in [0.717, 1.165) is 10.4 Å². The van der Waals surface area contributed by atoms with E-state index in [4.69, 9.17) is 16.3 Å². The summed E-state index contributed by atoms with van der Waals surface area (Å²) in [5, 5.41) is 19.1. The zero-order valence-electron chi connectivity index (χ0n) is 8.06. The second kappa shape index (κ2) is 4.94. The lowest BCUT2D eigenvalue weighted by atomic mass is 10.3. The van der Waals surface area contributed by atoms with Gasteiger partial charge in [0.1, 0.15) is 17.8 Å². The van der Waals surface area contributed by atoms with Crippen LogP contribution in [-0.4, -0.2) is 6.21 Å². The van der Waals surface area contributed by atoms with Crippen LogP contribution in [0.1, 0.15) is 10.4 Å². The van der Waals surface area contributed by atoms with Crippen molar-refractivity contribution in [1.82, 2.24) is 0 Å². The fourth-order valence-corrected chi connectivity index (χ4v) is 1.62. The molecule has 0 radical (unpaired) electrons. The minimum atomic E-state index is -0.165. The lowest BCUT2D eigenvalue weighted by molar-refractivity contribution is 1.27. The van der Waals surface area contributed by atoms with Crippen molar-refractivity contribution in [3.8, 4) is 12.1 Å². The summed E-state index contributed by atoms with van der Waals surface area (Å²) < 4.78 is 0. The van der Waals surface area contributed by atoms with Gasteiger partial charge in [-0.2, -0.15) is 10.5 Å². The van der Waals surface area contributed by atoms with Crippen molar-refractivity contribution in [1.29, 1.82) is 10.5 Å². The van der Waals surface area contributed by atoms with E-state index >= 15 is 0 Å². The molecule has 0 aliphatic carbocycles. The number of hydrogen-bond donors (Lipinski definition) is 1. The molecule has 1 heterocycles. The molecular formula is C10H8N4S. The molecule has 0 fully saturated rings. The van der Waals surface area contributed by atoms with Gasteiger partial charge in [-0.05, 0) is 23.9 Å². The number of hydrogen-bond acceptors (Lipinski definition) is 5. The second-order valence-electron chi connectivity index (χ2n) is 2.77. The molecule has 74 valence electrons. The Kier molecular flexibility index (Phi) is 3.61. The Morgan fingerprint density at radius 1 is 1.53 bits per heavy atom. The van der Waals surface area contributed by atoms with Gasteiger partial charge in [0.2, 0.25) is 0 Å². The maximum Gasteiger partial charge on any atom is 0.174 e. The van der Waals surface area contributed by atoms with E-state index in [9.17, 15) is 0 Å². The van der Waals surface area contributed by atoms with Crippen LogP contribution in [0, 0.1) is 29.6 Å². The van der Waals surface area contributed by atoms with Crippen LogP contribution in [0.25, 0.3) is 0 Å². The molecule has 5 heteroatoms. The first-order valence-corrected chi connectivity index (χ1v) is 4.94. The van der Waals surface area contributed by atoms with E-state index in [-0.39, 0.29) is 11.4 Å². The minimum Gasteiger partial charge on any atom is -0.388 e. The number of aliphatic imine (C=N–C) groups is 1. The van der Waals surface area contributed by atoms with Gasteiger partial charge in [0, 0.05) is 11.1 Å². The molecule has 0 aliphatic heterocycles. The van der Waals surface area contributed by atoms with Gasteiger partial charge < -0.3 is 5.73 Å². The molecule has 1 rings (SSSR count). The van der Waals surface area contributed by atoms with Crippen LogP contribution in [0.5, 0.6) is 0 Å². The number of nitrogens with two attached hydrogens (primary N) is 1. The predicted molar refractivity (Wildman–Crippen MR) is 59.1 cm³/mol. The fourth-order valence-electron chi connectivity index (χ4n) is 0.861. The third-order valence-electron chi connectivity index (χ3n) is 1.55. The van der Waals surface area contributed by atoms with E-state index in [1.165, 1.54) is 17.6 Å². The summed E-state index contributed by atoms with van der Waals surface area (Å²) in [4.78, 5) is 4.78. The zero-order chi connectivity index (χ0) is 11.3. The monoisotopic (exact) mass is 216 g/mol. The van der Waals surface area contributed by atoms with Gasteiger partial charge in [0.25, 0.3) is 0 Å². The highest BCUT2D eigenvalue weighted by molar-refractivity contribution is 7.11. The molecule has 0 spiro atoms. The summed E-state index contributed by atoms with van der Waals surface area (Å²) in [6.07, 6.45) is 1.53. The van der Waals surface area contributed by atoms with E-state index < -0.39 is 0 Å². The van der Waals surface area contributed by atoms with Crippen molar-refractivity contribution >= 4 is 17.6 Å². The molecule has 1 aromatic heterocycles. The Balaban J connectivity index is 2.92. The summed E-state index contributed by atoms with van der Waals surface area (Å²) in [6.45, 7) is 1.97. The highest BCUT2D eigenvalue weighted by Gasteiger charge is 1.99. The first kappa shape index (κ1) is 11.0. The summed E-state index contributed by atoms with van der Waals surface area (Å²) in [6, 6.07) is 5.39. The Morgan fingerprint density at radius 2 is 2.27 bits per heavy atom. The normalized spacial score (nSPS) is 11.9. The Labute approximate surface area is 91.6 Å². The van der Waals surface area contributed by atoms with E-state index in [2.05, 4.69) is 4.99 Å². The van der Waals surface area contributed by atoms with Gasteiger partial charge in [0.15, 0.2) is 5.70 Å². The molecule has 0 amide bonds. The van der Waals surface area contributed by atoms with Crippen molar-refractivity contribution < 1.29 is 0 Å². The van der Waals surface area contributed by atoms with E-state index in [1.54, 1.807) is 12.1 Å². The van der Waals surface area contributed by atoms with Gasteiger partial charge in [0.05, 0.1) is 0 Å². The second-order valence-corrected chi connectivity index (χ2v) is 3.71. The van der Waals surface area contributed by atoms with Crippen molar-refractivity contribution in [2.45, 2.75) is 6.92 Å². The highest BCUT2D eigenvalue weighted by Crippen LogP contribution is 2.11. The zero-order valence-corrected chi connectivity index (χ0v) is 8.88. The summed E-state index contributed by atoms with van der Waals surface area (Å²) in [5.41, 5.74) is 6.20. The number of allylic oxidation sites excluding steroid dienone is 2. The SMILES string of the molecule is Cc1csc(C=N/C(C#N)=C(\N)C#N)c1. The number of nitriles is 2. The topological polar surface area (TPSA) is 86.0 Å². The third kappa shape index (κ3) is 2.94. The first-order valence-electron chi connectivity index (χ1n) is 4.06. The Bertz CT molecular complexity index is 496. The van der Waals surface area contributed by atoms with E-state index in [0.29, 0.717) is 0 Å².